The van der Waals surface area contributed by atoms with Crippen LogP contribution in [0.25, 0.3) is 6.08 Å². The smallest absolute Gasteiger partial charge is 0.246 e. The van der Waals surface area contributed by atoms with Crippen molar-refractivity contribution in [3.63, 3.8) is 0 Å². The Morgan fingerprint density at radius 3 is 2.43 bits per heavy atom. The van der Waals surface area contributed by atoms with Crippen molar-refractivity contribution in [1.29, 1.82) is 0 Å². The van der Waals surface area contributed by atoms with Gasteiger partial charge in [-0.1, -0.05) is 36.0 Å². The van der Waals surface area contributed by atoms with Gasteiger partial charge in [-0.3, -0.25) is 4.79 Å². The van der Waals surface area contributed by atoms with Gasteiger partial charge in [-0.2, -0.15) is 0 Å². The molecular formula is C16H19Cl2NO2. The van der Waals surface area contributed by atoms with Crippen LogP contribution in [-0.2, 0) is 4.79 Å². The number of rotatable bonds is 4. The van der Waals surface area contributed by atoms with E-state index in [9.17, 15) is 9.90 Å². The summed E-state index contributed by atoms with van der Waals surface area (Å²) in [5.41, 5.74) is 0.0475. The Morgan fingerprint density at radius 2 is 1.86 bits per heavy atom. The third-order valence-electron chi connectivity index (χ3n) is 3.75. The molecule has 1 aromatic carbocycles. The third kappa shape index (κ3) is 4.73. The van der Waals surface area contributed by atoms with Crippen molar-refractivity contribution in [1.82, 2.24) is 4.90 Å². The van der Waals surface area contributed by atoms with Crippen LogP contribution in [0.2, 0.25) is 10.0 Å². The number of benzene rings is 1. The van der Waals surface area contributed by atoms with Crippen LogP contribution in [0.15, 0.2) is 24.3 Å². The second-order valence-corrected chi connectivity index (χ2v) is 6.53. The molecule has 0 spiro atoms. The quantitative estimate of drug-likeness (QED) is 0.855. The van der Waals surface area contributed by atoms with E-state index in [1.54, 1.807) is 36.2 Å². The van der Waals surface area contributed by atoms with Gasteiger partial charge in [-0.15, -0.1) is 0 Å². The lowest BCUT2D eigenvalue weighted by Crippen LogP contribution is -2.41. The number of carbonyl (C=O) groups is 1. The van der Waals surface area contributed by atoms with Crippen molar-refractivity contribution in [3.8, 4) is 0 Å². The van der Waals surface area contributed by atoms with Gasteiger partial charge in [0.05, 0.1) is 5.60 Å². The highest BCUT2D eigenvalue weighted by atomic mass is 35.5. The minimum atomic E-state index is -0.725. The summed E-state index contributed by atoms with van der Waals surface area (Å²) in [5, 5.41) is 11.4. The van der Waals surface area contributed by atoms with E-state index < -0.39 is 5.60 Å². The van der Waals surface area contributed by atoms with Crippen molar-refractivity contribution < 1.29 is 9.90 Å². The molecule has 0 bridgehead atoms. The van der Waals surface area contributed by atoms with Gasteiger partial charge in [0.2, 0.25) is 5.91 Å². The molecule has 21 heavy (non-hydrogen) atoms. The molecule has 1 aliphatic carbocycles. The Balaban J connectivity index is 1.98. The monoisotopic (exact) mass is 327 g/mol. The molecule has 1 fully saturated rings. The average Bonchev–Trinajstić information content (AvgIpc) is 2.81. The lowest BCUT2D eigenvalue weighted by atomic mass is 10.0. The Labute approximate surface area is 135 Å². The number of carbonyl (C=O) groups excluding carboxylic acids is 1. The van der Waals surface area contributed by atoms with Gasteiger partial charge < -0.3 is 10.0 Å². The van der Waals surface area contributed by atoms with Crippen LogP contribution in [0.3, 0.4) is 0 Å². The van der Waals surface area contributed by atoms with E-state index in [1.807, 2.05) is 0 Å². The van der Waals surface area contributed by atoms with Gasteiger partial charge in [-0.25, -0.2) is 0 Å². The first-order chi connectivity index (χ1) is 9.88. The second-order valence-electron chi connectivity index (χ2n) is 5.66. The molecule has 0 aromatic heterocycles. The fraction of sp³-hybridized carbons (Fsp3) is 0.438. The summed E-state index contributed by atoms with van der Waals surface area (Å²) < 4.78 is 0. The van der Waals surface area contributed by atoms with Crippen LogP contribution in [0.4, 0.5) is 0 Å². The highest BCUT2D eigenvalue weighted by Crippen LogP contribution is 2.30. The highest BCUT2D eigenvalue weighted by molar-refractivity contribution is 6.34. The maximum absolute atomic E-state index is 12.1. The minimum Gasteiger partial charge on any atom is -0.388 e. The van der Waals surface area contributed by atoms with E-state index in [2.05, 4.69) is 0 Å². The number of nitrogens with zero attached hydrogens (tertiary/aromatic N) is 1. The molecule has 114 valence electrons. The van der Waals surface area contributed by atoms with Crippen molar-refractivity contribution in [3.05, 3.63) is 39.9 Å². The van der Waals surface area contributed by atoms with E-state index in [1.165, 1.54) is 6.08 Å². The Hall–Kier alpha value is -1.03. The second kappa shape index (κ2) is 6.82. The summed E-state index contributed by atoms with van der Waals surface area (Å²) in [6, 6.07) is 5.12. The van der Waals surface area contributed by atoms with Crippen LogP contribution in [0.1, 0.15) is 31.2 Å². The largest absolute Gasteiger partial charge is 0.388 e. The van der Waals surface area contributed by atoms with Gasteiger partial charge in [0.15, 0.2) is 0 Å². The van der Waals surface area contributed by atoms with E-state index >= 15 is 0 Å². The van der Waals surface area contributed by atoms with Gasteiger partial charge in [0.25, 0.3) is 0 Å². The van der Waals surface area contributed by atoms with Crippen LogP contribution >= 0.6 is 23.2 Å². The Bertz CT molecular complexity index is 531. The molecule has 0 atom stereocenters. The number of halogens is 2. The molecule has 3 nitrogen and oxygen atoms in total. The van der Waals surface area contributed by atoms with Crippen molar-refractivity contribution in [2.45, 2.75) is 31.3 Å². The van der Waals surface area contributed by atoms with Gasteiger partial charge in [0.1, 0.15) is 0 Å². The number of amides is 1. The number of hydrogen-bond acceptors (Lipinski definition) is 2. The zero-order valence-electron chi connectivity index (χ0n) is 12.0. The first-order valence-electron chi connectivity index (χ1n) is 7.00. The van der Waals surface area contributed by atoms with Crippen LogP contribution < -0.4 is 0 Å². The Morgan fingerprint density at radius 1 is 1.29 bits per heavy atom. The van der Waals surface area contributed by atoms with Crippen LogP contribution in [0, 0.1) is 0 Å². The maximum Gasteiger partial charge on any atom is 0.246 e. The molecule has 0 unspecified atom stereocenters. The number of likely N-dealkylation sites (N-methyl/N-ethyl adjacent to an activating group) is 1. The summed E-state index contributed by atoms with van der Waals surface area (Å²) in [6.07, 6.45) is 6.72. The predicted molar refractivity (Wildman–Crippen MR) is 86.6 cm³/mol. The third-order valence-corrected chi connectivity index (χ3v) is 4.18. The molecular weight excluding hydrogens is 309 g/mol. The van der Waals surface area contributed by atoms with Gasteiger partial charge in [0, 0.05) is 29.7 Å². The SMILES string of the molecule is CN(CC1(O)CCCC1)C(=O)/C=C/c1cc(Cl)cc(Cl)c1. The fourth-order valence-electron chi connectivity index (χ4n) is 2.68. The summed E-state index contributed by atoms with van der Waals surface area (Å²) in [7, 11) is 1.70. The molecule has 5 heteroatoms. The zero-order valence-corrected chi connectivity index (χ0v) is 13.5. The molecule has 0 radical (unpaired) electrons. The lowest BCUT2D eigenvalue weighted by Gasteiger charge is -2.27. The molecule has 2 rings (SSSR count). The zero-order chi connectivity index (χ0) is 15.5. The van der Waals surface area contributed by atoms with Crippen molar-refractivity contribution in [2.24, 2.45) is 0 Å². The van der Waals surface area contributed by atoms with Gasteiger partial charge in [-0.05, 0) is 42.7 Å². The summed E-state index contributed by atoms with van der Waals surface area (Å²) in [5.74, 6) is -0.147. The standard InChI is InChI=1S/C16H19Cl2NO2/c1-19(11-16(21)6-2-3-7-16)15(20)5-4-12-8-13(17)10-14(18)9-12/h4-5,8-10,21H,2-3,6-7,11H2,1H3/b5-4+. The number of hydrogen-bond donors (Lipinski definition) is 1. The average molecular weight is 328 g/mol. The first-order valence-corrected chi connectivity index (χ1v) is 7.75. The normalized spacial score (nSPS) is 17.3. The van der Waals surface area contributed by atoms with E-state index in [0.717, 1.165) is 31.2 Å². The first kappa shape index (κ1) is 16.3. The van der Waals surface area contributed by atoms with Gasteiger partial charge >= 0.3 is 0 Å². The number of aliphatic hydroxyl groups is 1. The van der Waals surface area contributed by atoms with E-state index in [4.69, 9.17) is 23.2 Å². The molecule has 0 aliphatic heterocycles. The minimum absolute atomic E-state index is 0.147. The maximum atomic E-state index is 12.1. The molecule has 0 heterocycles. The van der Waals surface area contributed by atoms with E-state index in [0.29, 0.717) is 16.6 Å². The summed E-state index contributed by atoms with van der Waals surface area (Å²) in [4.78, 5) is 13.6. The summed E-state index contributed by atoms with van der Waals surface area (Å²) >= 11 is 11.8. The molecule has 0 saturated heterocycles. The van der Waals surface area contributed by atoms with Crippen LogP contribution in [-0.4, -0.2) is 35.1 Å². The molecule has 1 saturated carbocycles. The molecule has 1 amide bonds. The molecule has 1 aliphatic rings. The predicted octanol–water partition coefficient (Wildman–Crippen LogP) is 3.77. The Kier molecular flexibility index (Phi) is 5.31. The lowest BCUT2D eigenvalue weighted by molar-refractivity contribution is -0.127. The van der Waals surface area contributed by atoms with Crippen LogP contribution in [0.5, 0.6) is 0 Å². The fourth-order valence-corrected chi connectivity index (χ4v) is 3.22. The molecule has 1 aromatic rings. The highest BCUT2D eigenvalue weighted by Gasteiger charge is 2.32. The van der Waals surface area contributed by atoms with Crippen molar-refractivity contribution >= 4 is 35.2 Å². The van der Waals surface area contributed by atoms with Crippen molar-refractivity contribution in [2.75, 3.05) is 13.6 Å². The summed E-state index contributed by atoms with van der Waals surface area (Å²) in [6.45, 7) is 0.368. The molecule has 1 N–H and O–H groups in total. The topological polar surface area (TPSA) is 40.5 Å². The van der Waals surface area contributed by atoms with E-state index in [-0.39, 0.29) is 5.91 Å².